The minimum Gasteiger partial charge on any atom is -0.316 e. The molecular weight excluding hydrogens is 318 g/mol. The molecular formula is C19H17N3O3. The summed E-state index contributed by atoms with van der Waals surface area (Å²) in [6.45, 7) is 0.663. The third kappa shape index (κ3) is 2.76. The number of carbonyl (C=O) groups is 1. The van der Waals surface area contributed by atoms with Crippen LogP contribution in [-0.4, -0.2) is 22.4 Å². The van der Waals surface area contributed by atoms with Crippen LogP contribution in [0.2, 0.25) is 0 Å². The highest BCUT2D eigenvalue weighted by atomic mass is 16.2. The molecule has 0 saturated heterocycles. The van der Waals surface area contributed by atoms with Crippen LogP contribution in [0.3, 0.4) is 0 Å². The van der Waals surface area contributed by atoms with E-state index in [-0.39, 0.29) is 5.91 Å². The maximum atomic E-state index is 13.1. The topological polar surface area (TPSA) is 86.0 Å². The fourth-order valence-electron chi connectivity index (χ4n) is 3.31. The molecule has 6 heteroatoms. The van der Waals surface area contributed by atoms with Crippen LogP contribution in [0.5, 0.6) is 0 Å². The number of benzene rings is 2. The molecule has 4 rings (SSSR count). The lowest BCUT2D eigenvalue weighted by Crippen LogP contribution is -2.32. The summed E-state index contributed by atoms with van der Waals surface area (Å²) in [7, 11) is 0. The average Bonchev–Trinajstić information content (AvgIpc) is 2.84. The Bertz CT molecular complexity index is 1080. The van der Waals surface area contributed by atoms with Gasteiger partial charge in [0.15, 0.2) is 0 Å². The number of hydrogen-bond donors (Lipinski definition) is 2. The van der Waals surface area contributed by atoms with Crippen LogP contribution in [0.4, 0.5) is 5.69 Å². The first-order chi connectivity index (χ1) is 12.1. The normalized spacial score (nSPS) is 14.2. The standard InChI is InChI=1S/C19H17N3O3/c23-17-18(24)21-15-11-13(8-9-14(15)20-17)19(25)22-10-4-3-6-12-5-1-2-7-16(12)22/h1-2,5,7-9,11H,3-4,6,10H2,(H,20,23)(H,21,24). The van der Waals surface area contributed by atoms with Crippen LogP contribution in [-0.2, 0) is 6.42 Å². The molecule has 126 valence electrons. The monoisotopic (exact) mass is 335 g/mol. The van der Waals surface area contributed by atoms with Gasteiger partial charge in [-0.25, -0.2) is 0 Å². The van der Waals surface area contributed by atoms with Crippen molar-refractivity contribution in [3.8, 4) is 0 Å². The van der Waals surface area contributed by atoms with Crippen LogP contribution in [0.25, 0.3) is 11.0 Å². The van der Waals surface area contributed by atoms with Gasteiger partial charge in [-0.1, -0.05) is 18.2 Å². The van der Waals surface area contributed by atoms with Crippen molar-refractivity contribution in [2.75, 3.05) is 11.4 Å². The Labute approximate surface area is 143 Å². The van der Waals surface area contributed by atoms with Gasteiger partial charge in [-0.05, 0) is 49.1 Å². The lowest BCUT2D eigenvalue weighted by atomic mass is 10.1. The van der Waals surface area contributed by atoms with Crippen molar-refractivity contribution >= 4 is 22.6 Å². The molecule has 0 spiro atoms. The summed E-state index contributed by atoms with van der Waals surface area (Å²) in [6.07, 6.45) is 2.96. The second kappa shape index (κ2) is 6.05. The van der Waals surface area contributed by atoms with E-state index in [4.69, 9.17) is 0 Å². The Balaban J connectivity index is 1.78. The number of anilines is 1. The predicted octanol–water partition coefficient (Wildman–Crippen LogP) is 2.20. The molecule has 2 N–H and O–H groups in total. The summed E-state index contributed by atoms with van der Waals surface area (Å²) in [5.41, 5.74) is 2.11. The molecule has 0 aliphatic carbocycles. The average molecular weight is 335 g/mol. The number of amides is 1. The van der Waals surface area contributed by atoms with Crippen molar-refractivity contribution in [2.45, 2.75) is 19.3 Å². The van der Waals surface area contributed by atoms with Gasteiger partial charge in [-0.15, -0.1) is 0 Å². The number of H-pyrrole nitrogens is 2. The summed E-state index contributed by atoms with van der Waals surface area (Å²) in [5, 5.41) is 0. The van der Waals surface area contributed by atoms with Crippen LogP contribution in [0, 0.1) is 0 Å². The lowest BCUT2D eigenvalue weighted by molar-refractivity contribution is 0.0987. The Morgan fingerprint density at radius 2 is 1.68 bits per heavy atom. The number of nitrogens with one attached hydrogen (secondary N) is 2. The first-order valence-electron chi connectivity index (χ1n) is 8.29. The Hall–Kier alpha value is -3.15. The fraction of sp³-hybridized carbons (Fsp3) is 0.211. The van der Waals surface area contributed by atoms with Crippen LogP contribution >= 0.6 is 0 Å². The van der Waals surface area contributed by atoms with Crippen molar-refractivity contribution in [2.24, 2.45) is 0 Å². The van der Waals surface area contributed by atoms with Gasteiger partial charge < -0.3 is 14.9 Å². The molecule has 1 aliphatic rings. The molecule has 2 aromatic carbocycles. The zero-order valence-electron chi connectivity index (χ0n) is 13.5. The van der Waals surface area contributed by atoms with Crippen molar-refractivity contribution in [3.63, 3.8) is 0 Å². The highest BCUT2D eigenvalue weighted by molar-refractivity contribution is 6.08. The molecule has 0 saturated carbocycles. The SMILES string of the molecule is O=C(c1ccc2[nH]c(=O)c(=O)[nH]c2c1)N1CCCCc2ccccc21. The van der Waals surface area contributed by atoms with Crippen molar-refractivity contribution in [3.05, 3.63) is 74.3 Å². The second-order valence-corrected chi connectivity index (χ2v) is 6.21. The van der Waals surface area contributed by atoms with E-state index in [2.05, 4.69) is 16.0 Å². The Kier molecular flexibility index (Phi) is 3.72. The molecule has 0 unspecified atom stereocenters. The van der Waals surface area contributed by atoms with Crippen molar-refractivity contribution < 1.29 is 4.79 Å². The predicted molar refractivity (Wildman–Crippen MR) is 96.2 cm³/mol. The number of rotatable bonds is 1. The molecule has 25 heavy (non-hydrogen) atoms. The second-order valence-electron chi connectivity index (χ2n) is 6.21. The van der Waals surface area contributed by atoms with E-state index >= 15 is 0 Å². The van der Waals surface area contributed by atoms with Crippen LogP contribution < -0.4 is 16.0 Å². The molecule has 1 aliphatic heterocycles. The molecule has 1 amide bonds. The quantitative estimate of drug-likeness (QED) is 0.669. The summed E-state index contributed by atoms with van der Waals surface area (Å²) < 4.78 is 0. The molecule has 2 heterocycles. The largest absolute Gasteiger partial charge is 0.316 e. The van der Waals surface area contributed by atoms with Crippen LogP contribution in [0.15, 0.2) is 52.1 Å². The van der Waals surface area contributed by atoms with Crippen molar-refractivity contribution in [1.29, 1.82) is 0 Å². The summed E-state index contributed by atoms with van der Waals surface area (Å²) in [6, 6.07) is 12.9. The van der Waals surface area contributed by atoms with Gasteiger partial charge >= 0.3 is 11.1 Å². The van der Waals surface area contributed by atoms with E-state index in [1.165, 1.54) is 5.56 Å². The number of aromatic nitrogens is 2. The Morgan fingerprint density at radius 3 is 2.52 bits per heavy atom. The van der Waals surface area contributed by atoms with E-state index in [1.54, 1.807) is 23.1 Å². The zero-order chi connectivity index (χ0) is 17.4. The summed E-state index contributed by atoms with van der Waals surface area (Å²) in [4.78, 5) is 42.8. The number of hydrogen-bond acceptors (Lipinski definition) is 3. The number of aryl methyl sites for hydroxylation is 1. The number of fused-ring (bicyclic) bond motifs is 2. The molecule has 1 aromatic heterocycles. The van der Waals surface area contributed by atoms with Crippen molar-refractivity contribution in [1.82, 2.24) is 9.97 Å². The van der Waals surface area contributed by atoms with Gasteiger partial charge in [-0.2, -0.15) is 0 Å². The maximum Gasteiger partial charge on any atom is 0.314 e. The number of para-hydroxylation sites is 1. The molecule has 0 fully saturated rings. The molecule has 3 aromatic rings. The maximum absolute atomic E-state index is 13.1. The van der Waals surface area contributed by atoms with Gasteiger partial charge in [0.05, 0.1) is 11.0 Å². The van der Waals surface area contributed by atoms with Gasteiger partial charge in [0.2, 0.25) is 0 Å². The summed E-state index contributed by atoms with van der Waals surface area (Å²) >= 11 is 0. The first kappa shape index (κ1) is 15.4. The van der Waals surface area contributed by atoms with E-state index in [1.807, 2.05) is 18.2 Å². The van der Waals surface area contributed by atoms with Gasteiger partial charge in [0.1, 0.15) is 0 Å². The smallest absolute Gasteiger partial charge is 0.314 e. The third-order valence-corrected chi connectivity index (χ3v) is 4.57. The molecule has 0 radical (unpaired) electrons. The minimum atomic E-state index is -0.725. The molecule has 0 atom stereocenters. The van der Waals surface area contributed by atoms with Gasteiger partial charge in [0, 0.05) is 17.8 Å². The van der Waals surface area contributed by atoms with E-state index in [0.717, 1.165) is 24.9 Å². The highest BCUT2D eigenvalue weighted by Gasteiger charge is 2.22. The Morgan fingerprint density at radius 1 is 0.920 bits per heavy atom. The summed E-state index contributed by atoms with van der Waals surface area (Å²) in [5.74, 6) is -0.108. The van der Waals surface area contributed by atoms with E-state index in [0.29, 0.717) is 23.1 Å². The van der Waals surface area contributed by atoms with Gasteiger partial charge in [0.25, 0.3) is 5.91 Å². The lowest BCUT2D eigenvalue weighted by Gasteiger charge is -2.23. The number of nitrogens with zero attached hydrogens (tertiary/aromatic N) is 1. The van der Waals surface area contributed by atoms with Gasteiger partial charge in [-0.3, -0.25) is 14.4 Å². The fourth-order valence-corrected chi connectivity index (χ4v) is 3.31. The number of aromatic amines is 2. The highest BCUT2D eigenvalue weighted by Crippen LogP contribution is 2.27. The zero-order valence-corrected chi connectivity index (χ0v) is 13.5. The first-order valence-corrected chi connectivity index (χ1v) is 8.29. The minimum absolute atomic E-state index is 0.108. The van der Waals surface area contributed by atoms with Crippen LogP contribution in [0.1, 0.15) is 28.8 Å². The molecule has 0 bridgehead atoms. The van der Waals surface area contributed by atoms with E-state index < -0.39 is 11.1 Å². The molecule has 6 nitrogen and oxygen atoms in total. The van der Waals surface area contributed by atoms with E-state index in [9.17, 15) is 14.4 Å². The third-order valence-electron chi connectivity index (χ3n) is 4.57. The number of carbonyl (C=O) groups excluding carboxylic acids is 1.